The van der Waals surface area contributed by atoms with Gasteiger partial charge in [0.1, 0.15) is 0 Å². The third-order valence-electron chi connectivity index (χ3n) is 3.87. The van der Waals surface area contributed by atoms with Crippen molar-refractivity contribution in [2.24, 2.45) is 5.73 Å². The van der Waals surface area contributed by atoms with Gasteiger partial charge in [-0.1, -0.05) is 0 Å². The molecule has 1 saturated heterocycles. The molecule has 0 spiro atoms. The molecule has 1 aromatic rings. The van der Waals surface area contributed by atoms with Gasteiger partial charge >= 0.3 is 0 Å². The lowest BCUT2D eigenvalue weighted by Crippen LogP contribution is -2.39. The van der Waals surface area contributed by atoms with Crippen LogP contribution in [-0.2, 0) is 6.54 Å². The summed E-state index contributed by atoms with van der Waals surface area (Å²) in [6.07, 6.45) is 2.18. The number of methoxy groups -OCH3 is 2. The number of piperidine rings is 1. The fourth-order valence-electron chi connectivity index (χ4n) is 2.55. The van der Waals surface area contributed by atoms with Crippen LogP contribution in [0.15, 0.2) is 12.1 Å². The lowest BCUT2D eigenvalue weighted by atomic mass is 10.0. The molecule has 1 aromatic carbocycles. The van der Waals surface area contributed by atoms with E-state index in [-0.39, 0.29) is 12.4 Å². The summed E-state index contributed by atoms with van der Waals surface area (Å²) in [6, 6.07) is 4.51. The number of nitrogens with zero attached hydrogens (tertiary/aromatic N) is 1. The Balaban J connectivity index is 0.00000200. The number of ether oxygens (including phenoxy) is 2. The molecule has 0 unspecified atom stereocenters. The van der Waals surface area contributed by atoms with E-state index in [1.807, 2.05) is 6.07 Å². The van der Waals surface area contributed by atoms with Gasteiger partial charge in [0.2, 0.25) is 0 Å². The van der Waals surface area contributed by atoms with Crippen molar-refractivity contribution in [3.8, 4) is 11.5 Å². The minimum atomic E-state index is 0. The van der Waals surface area contributed by atoms with E-state index in [1.54, 1.807) is 14.2 Å². The molecule has 0 saturated carbocycles. The van der Waals surface area contributed by atoms with E-state index < -0.39 is 0 Å². The minimum Gasteiger partial charge on any atom is -0.493 e. The Labute approximate surface area is 127 Å². The summed E-state index contributed by atoms with van der Waals surface area (Å²) in [5.74, 6) is 1.60. The molecule has 0 bridgehead atoms. The van der Waals surface area contributed by atoms with Gasteiger partial charge in [-0.15, -0.1) is 12.4 Å². The lowest BCUT2D eigenvalue weighted by Gasteiger charge is -2.30. The molecule has 114 valence electrons. The lowest BCUT2D eigenvalue weighted by molar-refractivity contribution is 0.205. The number of halogens is 1. The van der Waals surface area contributed by atoms with Crippen LogP contribution >= 0.6 is 12.4 Å². The van der Waals surface area contributed by atoms with Gasteiger partial charge < -0.3 is 15.2 Å². The Morgan fingerprint density at radius 2 is 1.70 bits per heavy atom. The van der Waals surface area contributed by atoms with Crippen molar-refractivity contribution < 1.29 is 9.47 Å². The molecule has 1 aliphatic heterocycles. The van der Waals surface area contributed by atoms with Crippen LogP contribution in [0.5, 0.6) is 11.5 Å². The monoisotopic (exact) mass is 300 g/mol. The molecule has 2 N–H and O–H groups in total. The summed E-state index contributed by atoms with van der Waals surface area (Å²) < 4.78 is 10.7. The zero-order chi connectivity index (χ0) is 13.8. The van der Waals surface area contributed by atoms with Crippen LogP contribution in [0.25, 0.3) is 0 Å². The van der Waals surface area contributed by atoms with Crippen LogP contribution in [0.3, 0.4) is 0 Å². The summed E-state index contributed by atoms with van der Waals surface area (Å²) in [5.41, 5.74) is 8.48. The summed E-state index contributed by atoms with van der Waals surface area (Å²) in [6.45, 7) is 5.23. The van der Waals surface area contributed by atoms with Gasteiger partial charge in [0.25, 0.3) is 0 Å². The molecular formula is C15H25ClN2O2. The average Bonchev–Trinajstić information content (AvgIpc) is 2.43. The molecule has 0 aliphatic carbocycles. The van der Waals surface area contributed by atoms with Crippen LogP contribution in [0.4, 0.5) is 0 Å². The smallest absolute Gasteiger partial charge is 0.161 e. The van der Waals surface area contributed by atoms with E-state index >= 15 is 0 Å². The Morgan fingerprint density at radius 3 is 2.25 bits per heavy atom. The van der Waals surface area contributed by atoms with E-state index in [4.69, 9.17) is 15.2 Å². The molecular weight excluding hydrogens is 276 g/mol. The fourth-order valence-corrected chi connectivity index (χ4v) is 2.55. The van der Waals surface area contributed by atoms with Crippen LogP contribution in [0.2, 0.25) is 0 Å². The predicted octanol–water partition coefficient (Wildman–Crippen LogP) is 2.36. The molecule has 1 fully saturated rings. The molecule has 0 radical (unpaired) electrons. The average molecular weight is 301 g/mol. The van der Waals surface area contributed by atoms with Crippen molar-refractivity contribution in [2.45, 2.75) is 32.4 Å². The van der Waals surface area contributed by atoms with Crippen molar-refractivity contribution >= 4 is 12.4 Å². The standard InChI is InChI=1S/C15H24N2O2.ClH/c1-11-8-14(18-2)15(19-3)9-12(11)10-17-6-4-13(16)5-7-17;/h8-9,13H,4-7,10,16H2,1-3H3;1H. The highest BCUT2D eigenvalue weighted by atomic mass is 35.5. The SMILES string of the molecule is COc1cc(C)c(CN2CCC(N)CC2)cc1OC.Cl. The molecule has 20 heavy (non-hydrogen) atoms. The highest BCUT2D eigenvalue weighted by Gasteiger charge is 2.17. The van der Waals surface area contributed by atoms with Gasteiger partial charge in [0, 0.05) is 12.6 Å². The van der Waals surface area contributed by atoms with Crippen molar-refractivity contribution in [2.75, 3.05) is 27.3 Å². The molecule has 1 heterocycles. The van der Waals surface area contributed by atoms with Gasteiger partial charge in [-0.3, -0.25) is 4.90 Å². The fraction of sp³-hybridized carbons (Fsp3) is 0.600. The van der Waals surface area contributed by atoms with Gasteiger partial charge in [0.05, 0.1) is 14.2 Å². The first-order chi connectivity index (χ1) is 9.13. The van der Waals surface area contributed by atoms with Gasteiger partial charge in [-0.25, -0.2) is 0 Å². The molecule has 0 amide bonds. The van der Waals surface area contributed by atoms with Crippen molar-refractivity contribution in [1.82, 2.24) is 4.90 Å². The number of nitrogens with two attached hydrogens (primary N) is 1. The molecule has 0 aromatic heterocycles. The molecule has 2 rings (SSSR count). The van der Waals surface area contributed by atoms with Crippen LogP contribution in [0.1, 0.15) is 24.0 Å². The zero-order valence-corrected chi connectivity index (χ0v) is 13.3. The Kier molecular flexibility index (Phi) is 6.59. The van der Waals surface area contributed by atoms with Gasteiger partial charge in [-0.05, 0) is 56.1 Å². The Morgan fingerprint density at radius 1 is 1.15 bits per heavy atom. The summed E-state index contributed by atoms with van der Waals surface area (Å²) in [4.78, 5) is 2.46. The third-order valence-corrected chi connectivity index (χ3v) is 3.87. The molecule has 4 nitrogen and oxygen atoms in total. The molecule has 0 atom stereocenters. The first kappa shape index (κ1) is 17.1. The van der Waals surface area contributed by atoms with E-state index in [1.165, 1.54) is 11.1 Å². The second-order valence-corrected chi connectivity index (χ2v) is 5.25. The van der Waals surface area contributed by atoms with E-state index in [9.17, 15) is 0 Å². The van der Waals surface area contributed by atoms with Crippen LogP contribution in [-0.4, -0.2) is 38.3 Å². The second kappa shape index (κ2) is 7.72. The minimum absolute atomic E-state index is 0. The predicted molar refractivity (Wildman–Crippen MR) is 84.0 cm³/mol. The Hall–Kier alpha value is -0.970. The van der Waals surface area contributed by atoms with Gasteiger partial charge in [0.15, 0.2) is 11.5 Å². The maximum Gasteiger partial charge on any atom is 0.161 e. The van der Waals surface area contributed by atoms with Crippen molar-refractivity contribution in [1.29, 1.82) is 0 Å². The number of aryl methyl sites for hydroxylation is 1. The zero-order valence-electron chi connectivity index (χ0n) is 12.5. The third kappa shape index (κ3) is 4.01. The summed E-state index contributed by atoms with van der Waals surface area (Å²) in [5, 5.41) is 0. The Bertz CT molecular complexity index is 432. The number of rotatable bonds is 4. The number of likely N-dealkylation sites (tertiary alicyclic amines) is 1. The number of benzene rings is 1. The van der Waals surface area contributed by atoms with Crippen LogP contribution < -0.4 is 15.2 Å². The second-order valence-electron chi connectivity index (χ2n) is 5.25. The topological polar surface area (TPSA) is 47.7 Å². The first-order valence-electron chi connectivity index (χ1n) is 6.83. The highest BCUT2D eigenvalue weighted by Crippen LogP contribution is 2.31. The number of hydrogen-bond acceptors (Lipinski definition) is 4. The number of hydrogen-bond donors (Lipinski definition) is 1. The maximum atomic E-state index is 5.94. The largest absolute Gasteiger partial charge is 0.493 e. The summed E-state index contributed by atoms with van der Waals surface area (Å²) in [7, 11) is 3.35. The molecule has 5 heteroatoms. The van der Waals surface area contributed by atoms with E-state index in [2.05, 4.69) is 17.9 Å². The summed E-state index contributed by atoms with van der Waals surface area (Å²) >= 11 is 0. The van der Waals surface area contributed by atoms with Gasteiger partial charge in [-0.2, -0.15) is 0 Å². The normalized spacial score (nSPS) is 16.6. The first-order valence-corrected chi connectivity index (χ1v) is 6.83. The van der Waals surface area contributed by atoms with Crippen molar-refractivity contribution in [3.63, 3.8) is 0 Å². The quantitative estimate of drug-likeness (QED) is 0.927. The molecule has 1 aliphatic rings. The van der Waals surface area contributed by atoms with Crippen LogP contribution in [0, 0.1) is 6.92 Å². The maximum absolute atomic E-state index is 5.94. The van der Waals surface area contributed by atoms with E-state index in [0.717, 1.165) is 44.0 Å². The highest BCUT2D eigenvalue weighted by molar-refractivity contribution is 5.85. The van der Waals surface area contributed by atoms with Crippen molar-refractivity contribution in [3.05, 3.63) is 23.3 Å². The van der Waals surface area contributed by atoms with E-state index in [0.29, 0.717) is 6.04 Å².